The lowest BCUT2D eigenvalue weighted by Crippen LogP contribution is -2.38. The minimum atomic E-state index is -0.316. The van der Waals surface area contributed by atoms with E-state index >= 15 is 0 Å². The van der Waals surface area contributed by atoms with Crippen molar-refractivity contribution >= 4 is 33.8 Å². The fourth-order valence-corrected chi connectivity index (χ4v) is 2.77. The molecule has 0 unspecified atom stereocenters. The van der Waals surface area contributed by atoms with E-state index in [0.717, 1.165) is 10.0 Å². The van der Waals surface area contributed by atoms with E-state index in [4.69, 9.17) is 0 Å². The molecule has 2 aromatic carbocycles. The van der Waals surface area contributed by atoms with Gasteiger partial charge < -0.3 is 10.2 Å². The van der Waals surface area contributed by atoms with E-state index in [1.807, 2.05) is 50.2 Å². The maximum Gasteiger partial charge on any atom is 0.270 e. The first kappa shape index (κ1) is 18.9. The summed E-state index contributed by atoms with van der Waals surface area (Å²) in [4.78, 5) is 27.0. The quantitative estimate of drug-likeness (QED) is 0.742. The van der Waals surface area contributed by atoms with Crippen molar-refractivity contribution in [3.8, 4) is 0 Å². The summed E-state index contributed by atoms with van der Waals surface area (Å²) in [5, 5.41) is 2.77. The minimum absolute atomic E-state index is 0.197. The highest BCUT2D eigenvalue weighted by atomic mass is 79.9. The fraction of sp³-hybridized carbons (Fsp3) is 0.200. The largest absolute Gasteiger partial charge is 0.338 e. The number of hydrogen-bond donors (Lipinski definition) is 1. The summed E-state index contributed by atoms with van der Waals surface area (Å²) in [5.41, 5.74) is 1.60. The molecule has 0 fully saturated rings. The molecule has 0 spiro atoms. The molecule has 0 aliphatic heterocycles. The molecular weight excluding hydrogens is 380 g/mol. The van der Waals surface area contributed by atoms with Gasteiger partial charge in [0.25, 0.3) is 11.8 Å². The predicted molar refractivity (Wildman–Crippen MR) is 104 cm³/mol. The zero-order valence-electron chi connectivity index (χ0n) is 14.3. The Balaban J connectivity index is 2.33. The van der Waals surface area contributed by atoms with Crippen molar-refractivity contribution in [1.29, 1.82) is 0 Å². The normalized spacial score (nSPS) is 11.1. The van der Waals surface area contributed by atoms with Gasteiger partial charge in [-0.25, -0.2) is 0 Å². The zero-order valence-corrected chi connectivity index (χ0v) is 15.9. The van der Waals surface area contributed by atoms with Crippen molar-refractivity contribution in [2.45, 2.75) is 13.8 Å². The molecule has 0 aliphatic carbocycles. The summed E-state index contributed by atoms with van der Waals surface area (Å²) in [6.45, 7) is 4.98. The second-order valence-corrected chi connectivity index (χ2v) is 6.33. The number of carbonyl (C=O) groups excluding carboxylic acids is 2. The van der Waals surface area contributed by atoms with Gasteiger partial charge in [-0.2, -0.15) is 0 Å². The van der Waals surface area contributed by atoms with E-state index in [2.05, 4.69) is 21.2 Å². The number of carbonyl (C=O) groups is 2. The Kier molecular flexibility index (Phi) is 6.95. The van der Waals surface area contributed by atoms with Gasteiger partial charge in [-0.1, -0.05) is 52.3 Å². The van der Waals surface area contributed by atoms with Gasteiger partial charge in [-0.15, -0.1) is 0 Å². The Hall–Kier alpha value is -2.40. The Morgan fingerprint density at radius 2 is 1.72 bits per heavy atom. The molecule has 0 radical (unpaired) electrons. The molecule has 2 aromatic rings. The molecule has 1 N–H and O–H groups in total. The number of rotatable bonds is 6. The fourth-order valence-electron chi connectivity index (χ4n) is 2.37. The molecule has 0 aromatic heterocycles. The summed E-state index contributed by atoms with van der Waals surface area (Å²) in [5.74, 6) is -0.513. The molecule has 4 nitrogen and oxygen atoms in total. The van der Waals surface area contributed by atoms with Crippen molar-refractivity contribution in [3.05, 3.63) is 75.9 Å². The number of halogens is 1. The average molecular weight is 401 g/mol. The van der Waals surface area contributed by atoms with Crippen LogP contribution in [0.3, 0.4) is 0 Å². The van der Waals surface area contributed by atoms with Crippen LogP contribution in [0.15, 0.2) is 64.8 Å². The predicted octanol–water partition coefficient (Wildman–Crippen LogP) is 4.09. The van der Waals surface area contributed by atoms with E-state index in [9.17, 15) is 9.59 Å². The first-order chi connectivity index (χ1) is 12.0. The van der Waals surface area contributed by atoms with Crippen LogP contribution >= 0.6 is 15.9 Å². The molecule has 2 rings (SSSR count). The second kappa shape index (κ2) is 9.18. The highest BCUT2D eigenvalue weighted by Crippen LogP contribution is 2.13. The van der Waals surface area contributed by atoms with Gasteiger partial charge >= 0.3 is 0 Å². The number of likely N-dealkylation sites (N-methyl/N-ethyl adjacent to an activating group) is 1. The molecule has 2 amide bonds. The van der Waals surface area contributed by atoms with Crippen LogP contribution in [0.1, 0.15) is 29.8 Å². The number of nitrogens with zero attached hydrogens (tertiary/aromatic N) is 1. The van der Waals surface area contributed by atoms with Crippen LogP contribution in [-0.4, -0.2) is 29.8 Å². The number of amides is 2. The summed E-state index contributed by atoms with van der Waals surface area (Å²) >= 11 is 3.36. The number of hydrogen-bond acceptors (Lipinski definition) is 2. The molecule has 0 saturated carbocycles. The van der Waals surface area contributed by atoms with Crippen LogP contribution in [0, 0.1) is 0 Å². The van der Waals surface area contributed by atoms with Gasteiger partial charge in [0.05, 0.1) is 0 Å². The molecule has 0 aliphatic rings. The molecule has 130 valence electrons. The van der Waals surface area contributed by atoms with Crippen molar-refractivity contribution in [1.82, 2.24) is 10.2 Å². The third-order valence-electron chi connectivity index (χ3n) is 3.73. The topological polar surface area (TPSA) is 49.4 Å². The molecule has 0 bridgehead atoms. The lowest BCUT2D eigenvalue weighted by atomic mass is 10.1. The molecule has 0 heterocycles. The highest BCUT2D eigenvalue weighted by molar-refractivity contribution is 9.10. The Bertz CT molecular complexity index is 768. The first-order valence-electron chi connectivity index (χ1n) is 8.18. The van der Waals surface area contributed by atoms with Crippen LogP contribution in [0.2, 0.25) is 0 Å². The molecule has 0 atom stereocenters. The Labute approximate surface area is 156 Å². The standard InChI is InChI=1S/C20H21BrN2O2/c1-3-23(4-2)20(25)18(13-15-9-6-5-7-10-15)22-19(24)16-11-8-12-17(21)14-16/h5-14H,3-4H2,1-2H3,(H,22,24)/b18-13+. The third-order valence-corrected chi connectivity index (χ3v) is 4.22. The Morgan fingerprint density at radius 1 is 1.04 bits per heavy atom. The summed E-state index contributed by atoms with van der Waals surface area (Å²) in [7, 11) is 0. The van der Waals surface area contributed by atoms with Gasteiger partial charge in [0.15, 0.2) is 0 Å². The maximum atomic E-state index is 12.8. The van der Waals surface area contributed by atoms with E-state index < -0.39 is 0 Å². The van der Waals surface area contributed by atoms with Crippen LogP contribution in [0.25, 0.3) is 6.08 Å². The Morgan fingerprint density at radius 3 is 2.32 bits per heavy atom. The third kappa shape index (κ3) is 5.29. The lowest BCUT2D eigenvalue weighted by Gasteiger charge is -2.21. The van der Waals surface area contributed by atoms with Crippen LogP contribution in [-0.2, 0) is 4.79 Å². The highest BCUT2D eigenvalue weighted by Gasteiger charge is 2.19. The average Bonchev–Trinajstić information content (AvgIpc) is 2.63. The maximum absolute atomic E-state index is 12.8. The molecule has 25 heavy (non-hydrogen) atoms. The van der Waals surface area contributed by atoms with Crippen LogP contribution in [0.5, 0.6) is 0 Å². The van der Waals surface area contributed by atoms with Crippen LogP contribution in [0.4, 0.5) is 0 Å². The monoisotopic (exact) mass is 400 g/mol. The molecule has 5 heteroatoms. The van der Waals surface area contributed by atoms with Crippen molar-refractivity contribution in [2.24, 2.45) is 0 Å². The van der Waals surface area contributed by atoms with E-state index in [1.54, 1.807) is 29.2 Å². The summed E-state index contributed by atoms with van der Waals surface area (Å²) < 4.78 is 0.809. The second-order valence-electron chi connectivity index (χ2n) is 5.41. The first-order valence-corrected chi connectivity index (χ1v) is 8.97. The number of nitrogens with one attached hydrogen (secondary N) is 1. The van der Waals surface area contributed by atoms with E-state index in [1.165, 1.54) is 0 Å². The van der Waals surface area contributed by atoms with Crippen LogP contribution < -0.4 is 5.32 Å². The van der Waals surface area contributed by atoms with Gasteiger partial charge in [-0.3, -0.25) is 9.59 Å². The zero-order chi connectivity index (χ0) is 18.2. The number of benzene rings is 2. The smallest absolute Gasteiger partial charge is 0.270 e. The van der Waals surface area contributed by atoms with E-state index in [0.29, 0.717) is 18.7 Å². The molecule has 0 saturated heterocycles. The van der Waals surface area contributed by atoms with Crippen molar-refractivity contribution in [2.75, 3.05) is 13.1 Å². The van der Waals surface area contributed by atoms with Gasteiger partial charge in [0.1, 0.15) is 5.70 Å². The SMILES string of the molecule is CCN(CC)C(=O)/C(=C\c1ccccc1)NC(=O)c1cccc(Br)c1. The minimum Gasteiger partial charge on any atom is -0.338 e. The van der Waals surface area contributed by atoms with Gasteiger partial charge in [0.2, 0.25) is 0 Å². The van der Waals surface area contributed by atoms with Gasteiger partial charge in [0, 0.05) is 23.1 Å². The van der Waals surface area contributed by atoms with E-state index in [-0.39, 0.29) is 17.5 Å². The van der Waals surface area contributed by atoms with Gasteiger partial charge in [-0.05, 0) is 43.7 Å². The van der Waals surface area contributed by atoms with Crippen molar-refractivity contribution < 1.29 is 9.59 Å². The summed E-state index contributed by atoms with van der Waals surface area (Å²) in [6, 6.07) is 16.5. The lowest BCUT2D eigenvalue weighted by molar-refractivity contribution is -0.127. The van der Waals surface area contributed by atoms with Crippen molar-refractivity contribution in [3.63, 3.8) is 0 Å². The molecular formula is C20H21BrN2O2. The summed E-state index contributed by atoms with van der Waals surface area (Å²) in [6.07, 6.45) is 1.70.